The fraction of sp³-hybridized carbons (Fsp3) is 0.538. The Morgan fingerprint density at radius 3 is 3.00 bits per heavy atom. The quantitative estimate of drug-likeness (QED) is 0.766. The highest BCUT2D eigenvalue weighted by atomic mass is 16.5. The van der Waals surface area contributed by atoms with Gasteiger partial charge in [-0.25, -0.2) is 0 Å². The van der Waals surface area contributed by atoms with Crippen LogP contribution in [-0.2, 0) is 6.42 Å². The van der Waals surface area contributed by atoms with E-state index < -0.39 is 0 Å². The molecule has 1 unspecified atom stereocenters. The van der Waals surface area contributed by atoms with Gasteiger partial charge in [-0.05, 0) is 50.3 Å². The predicted molar refractivity (Wildman–Crippen MR) is 62.1 cm³/mol. The summed E-state index contributed by atoms with van der Waals surface area (Å²) in [4.78, 5) is 0. The monoisotopic (exact) mass is 205 g/mol. The molecule has 0 aliphatic carbocycles. The molecule has 1 aromatic carbocycles. The summed E-state index contributed by atoms with van der Waals surface area (Å²) >= 11 is 0. The highest BCUT2D eigenvalue weighted by Gasteiger charge is 2.18. The molecule has 0 radical (unpaired) electrons. The normalized spacial score (nSPS) is 19.4. The number of hydrogen-bond donors (Lipinski definition) is 1. The van der Waals surface area contributed by atoms with E-state index in [2.05, 4.69) is 18.2 Å². The number of hydrogen-bond acceptors (Lipinski definition) is 2. The summed E-state index contributed by atoms with van der Waals surface area (Å²) in [7, 11) is 0. The van der Waals surface area contributed by atoms with Crippen LogP contribution < -0.4 is 10.5 Å². The van der Waals surface area contributed by atoms with Crippen LogP contribution in [-0.4, -0.2) is 12.6 Å². The molecule has 1 aliphatic heterocycles. The lowest BCUT2D eigenvalue weighted by atomic mass is 9.99. The summed E-state index contributed by atoms with van der Waals surface area (Å²) in [5.74, 6) is 1.08. The van der Waals surface area contributed by atoms with Crippen LogP contribution in [0.15, 0.2) is 24.3 Å². The molecule has 0 fully saturated rings. The third-order valence-electron chi connectivity index (χ3n) is 2.98. The van der Waals surface area contributed by atoms with Gasteiger partial charge in [0.15, 0.2) is 0 Å². The van der Waals surface area contributed by atoms with Crippen molar-refractivity contribution in [2.45, 2.75) is 38.2 Å². The summed E-state index contributed by atoms with van der Waals surface area (Å²) in [6.45, 7) is 0.795. The molecule has 0 saturated carbocycles. The minimum atomic E-state index is 0.409. The Balaban J connectivity index is 1.88. The lowest BCUT2D eigenvalue weighted by molar-refractivity contribution is 0.161. The van der Waals surface area contributed by atoms with Crippen molar-refractivity contribution in [1.29, 1.82) is 0 Å². The number of benzene rings is 1. The molecule has 2 nitrogen and oxygen atoms in total. The number of aryl methyl sites for hydroxylation is 1. The van der Waals surface area contributed by atoms with E-state index in [-0.39, 0.29) is 0 Å². The van der Waals surface area contributed by atoms with Crippen LogP contribution in [0.1, 0.15) is 31.2 Å². The predicted octanol–water partition coefficient (Wildman–Crippen LogP) is 2.51. The standard InChI is InChI=1S/C13H19NO/c14-10-4-3-6-12-9-8-11-5-1-2-7-13(11)15-12/h1-2,5,7,12H,3-4,6,8-10,14H2. The molecular formula is C13H19NO. The van der Waals surface area contributed by atoms with Gasteiger partial charge in [0.1, 0.15) is 5.75 Å². The number of ether oxygens (including phenoxy) is 1. The number of fused-ring (bicyclic) bond motifs is 1. The van der Waals surface area contributed by atoms with Gasteiger partial charge in [0.2, 0.25) is 0 Å². The van der Waals surface area contributed by atoms with Gasteiger partial charge in [0.25, 0.3) is 0 Å². The average Bonchev–Trinajstić information content (AvgIpc) is 2.29. The van der Waals surface area contributed by atoms with E-state index in [0.717, 1.165) is 38.0 Å². The Labute approximate surface area is 91.4 Å². The van der Waals surface area contributed by atoms with Gasteiger partial charge in [-0.15, -0.1) is 0 Å². The summed E-state index contributed by atoms with van der Waals surface area (Å²) in [5, 5.41) is 0. The largest absolute Gasteiger partial charge is 0.490 e. The molecule has 2 rings (SSSR count). The molecule has 2 N–H and O–H groups in total. The third kappa shape index (κ3) is 2.72. The molecular weight excluding hydrogens is 186 g/mol. The van der Waals surface area contributed by atoms with E-state index in [1.165, 1.54) is 12.0 Å². The number of unbranched alkanes of at least 4 members (excludes halogenated alkanes) is 1. The first-order chi connectivity index (χ1) is 7.40. The van der Waals surface area contributed by atoms with Crippen LogP contribution in [0.3, 0.4) is 0 Å². The zero-order chi connectivity index (χ0) is 10.5. The lowest BCUT2D eigenvalue weighted by Crippen LogP contribution is -2.22. The van der Waals surface area contributed by atoms with Crippen LogP contribution in [0, 0.1) is 0 Å². The maximum atomic E-state index is 5.94. The Morgan fingerprint density at radius 2 is 2.13 bits per heavy atom. The average molecular weight is 205 g/mol. The van der Waals surface area contributed by atoms with Crippen molar-refractivity contribution in [2.75, 3.05) is 6.54 Å². The lowest BCUT2D eigenvalue weighted by Gasteiger charge is -2.26. The Kier molecular flexibility index (Phi) is 3.62. The van der Waals surface area contributed by atoms with Crippen molar-refractivity contribution in [3.05, 3.63) is 29.8 Å². The fourth-order valence-corrected chi connectivity index (χ4v) is 2.10. The highest BCUT2D eigenvalue weighted by Crippen LogP contribution is 2.28. The van der Waals surface area contributed by atoms with E-state index in [4.69, 9.17) is 10.5 Å². The van der Waals surface area contributed by atoms with Crippen molar-refractivity contribution >= 4 is 0 Å². The molecule has 82 valence electrons. The van der Waals surface area contributed by atoms with Gasteiger partial charge in [-0.2, -0.15) is 0 Å². The summed E-state index contributed by atoms with van der Waals surface area (Å²) in [6.07, 6.45) is 6.16. The first-order valence-corrected chi connectivity index (χ1v) is 5.85. The highest BCUT2D eigenvalue weighted by molar-refractivity contribution is 5.35. The second-order valence-electron chi connectivity index (χ2n) is 4.17. The number of nitrogens with two attached hydrogens (primary N) is 1. The first-order valence-electron chi connectivity index (χ1n) is 5.85. The maximum Gasteiger partial charge on any atom is 0.122 e. The molecule has 0 saturated heterocycles. The van der Waals surface area contributed by atoms with Crippen LogP contribution in [0.5, 0.6) is 5.75 Å². The molecule has 0 bridgehead atoms. The van der Waals surface area contributed by atoms with Gasteiger partial charge in [0.05, 0.1) is 6.10 Å². The zero-order valence-corrected chi connectivity index (χ0v) is 9.11. The first kappa shape index (κ1) is 10.5. The molecule has 2 heteroatoms. The molecule has 1 atom stereocenters. The molecule has 0 spiro atoms. The van der Waals surface area contributed by atoms with E-state index in [1.807, 2.05) is 6.07 Å². The molecule has 1 aromatic rings. The van der Waals surface area contributed by atoms with Gasteiger partial charge in [-0.3, -0.25) is 0 Å². The number of para-hydroxylation sites is 1. The van der Waals surface area contributed by atoms with Gasteiger partial charge < -0.3 is 10.5 Å². The van der Waals surface area contributed by atoms with Gasteiger partial charge in [0, 0.05) is 0 Å². The summed E-state index contributed by atoms with van der Waals surface area (Å²) in [6, 6.07) is 8.36. The van der Waals surface area contributed by atoms with Crippen LogP contribution in [0.4, 0.5) is 0 Å². The van der Waals surface area contributed by atoms with Crippen molar-refractivity contribution in [2.24, 2.45) is 5.73 Å². The van der Waals surface area contributed by atoms with E-state index >= 15 is 0 Å². The molecule has 0 amide bonds. The zero-order valence-electron chi connectivity index (χ0n) is 9.11. The SMILES string of the molecule is NCCCCC1CCc2ccccc2O1. The van der Waals surface area contributed by atoms with Crippen molar-refractivity contribution in [3.8, 4) is 5.75 Å². The maximum absolute atomic E-state index is 5.94. The van der Waals surface area contributed by atoms with Gasteiger partial charge in [-0.1, -0.05) is 18.2 Å². The topological polar surface area (TPSA) is 35.2 Å². The second-order valence-corrected chi connectivity index (χ2v) is 4.17. The van der Waals surface area contributed by atoms with Crippen LogP contribution in [0.25, 0.3) is 0 Å². The van der Waals surface area contributed by atoms with Crippen LogP contribution in [0.2, 0.25) is 0 Å². The van der Waals surface area contributed by atoms with Crippen molar-refractivity contribution in [1.82, 2.24) is 0 Å². The minimum absolute atomic E-state index is 0.409. The molecule has 1 heterocycles. The smallest absolute Gasteiger partial charge is 0.122 e. The molecule has 0 aromatic heterocycles. The Hall–Kier alpha value is -1.02. The van der Waals surface area contributed by atoms with E-state index in [1.54, 1.807) is 0 Å². The Bertz CT molecular complexity index is 311. The third-order valence-corrected chi connectivity index (χ3v) is 2.98. The van der Waals surface area contributed by atoms with E-state index in [0.29, 0.717) is 6.10 Å². The van der Waals surface area contributed by atoms with Crippen molar-refractivity contribution < 1.29 is 4.74 Å². The summed E-state index contributed by atoms with van der Waals surface area (Å²) < 4.78 is 5.94. The van der Waals surface area contributed by atoms with Gasteiger partial charge >= 0.3 is 0 Å². The minimum Gasteiger partial charge on any atom is -0.490 e. The molecule has 15 heavy (non-hydrogen) atoms. The number of rotatable bonds is 4. The fourth-order valence-electron chi connectivity index (χ4n) is 2.10. The second kappa shape index (κ2) is 5.17. The van der Waals surface area contributed by atoms with Crippen LogP contribution >= 0.6 is 0 Å². The molecule has 1 aliphatic rings. The van der Waals surface area contributed by atoms with Crippen molar-refractivity contribution in [3.63, 3.8) is 0 Å². The van der Waals surface area contributed by atoms with E-state index in [9.17, 15) is 0 Å². The summed E-state index contributed by atoms with van der Waals surface area (Å²) in [5.41, 5.74) is 6.83. The Morgan fingerprint density at radius 1 is 1.27 bits per heavy atom.